The average molecular weight is 692 g/mol. The van der Waals surface area contributed by atoms with Gasteiger partial charge in [-0.3, -0.25) is 19.4 Å². The van der Waals surface area contributed by atoms with E-state index < -0.39 is 60.4 Å². The number of nitrogens with zero attached hydrogens (tertiary/aromatic N) is 5. The molecule has 17 heteroatoms. The number of fused-ring (bicyclic) bond motifs is 1. The highest BCUT2D eigenvalue weighted by atomic mass is 16.6. The molecule has 0 unspecified atom stereocenters. The van der Waals surface area contributed by atoms with E-state index in [4.69, 9.17) is 14.2 Å². The number of carbonyl (C=O) groups is 3. The summed E-state index contributed by atoms with van der Waals surface area (Å²) in [5, 5.41) is 53.3. The van der Waals surface area contributed by atoms with Crippen molar-refractivity contribution >= 4 is 23.4 Å². The van der Waals surface area contributed by atoms with Crippen LogP contribution in [0.15, 0.2) is 24.5 Å². The first-order chi connectivity index (χ1) is 23.1. The molecule has 49 heavy (non-hydrogen) atoms. The number of aliphatic carboxylic acids is 1. The number of amides is 2. The molecule has 3 aliphatic heterocycles. The van der Waals surface area contributed by atoms with Gasteiger partial charge in [-0.25, -0.2) is 14.3 Å². The molecule has 2 aromatic heterocycles. The minimum Gasteiger partial charge on any atom is -0.479 e. The standard InChI is InChI=1S/C32H49N7O10/c1-20(40)35-25-22(41)15-32(29(45)46,7-11-38-12-13-47-18-31(38)6-10-37(17-31)19-48-30(2,3)4)49-27(25)26(43)23(42)16-34-28(44)21-14-24-33-8-5-9-39(24)36-21/h5,8-9,14,22-23,25-27,41-43H,6-7,10-13,15-19H2,1-4H3,(H,34,44)(H,35,40)(H,45,46)/t22-,23+,25+,26+,27+,31-,32+/m0/s1. The number of morpholine rings is 1. The van der Waals surface area contributed by atoms with E-state index in [1.54, 1.807) is 18.5 Å². The molecule has 1 spiro atoms. The van der Waals surface area contributed by atoms with Gasteiger partial charge in [0.05, 0.1) is 49.3 Å². The van der Waals surface area contributed by atoms with Crippen LogP contribution in [-0.2, 0) is 23.8 Å². The Morgan fingerprint density at radius 1 is 1.22 bits per heavy atom. The molecule has 7 atom stereocenters. The fraction of sp³-hybridized carbons (Fsp3) is 0.719. The first-order valence-electron chi connectivity index (χ1n) is 16.6. The van der Waals surface area contributed by atoms with Gasteiger partial charge in [0.1, 0.15) is 12.2 Å². The number of rotatable bonds is 12. The van der Waals surface area contributed by atoms with Crippen LogP contribution in [0.1, 0.15) is 57.4 Å². The molecule has 0 aliphatic carbocycles. The van der Waals surface area contributed by atoms with Crippen LogP contribution in [0.2, 0.25) is 0 Å². The van der Waals surface area contributed by atoms with E-state index in [1.807, 2.05) is 20.8 Å². The number of aliphatic hydroxyl groups is 3. The minimum atomic E-state index is -1.96. The van der Waals surface area contributed by atoms with Gasteiger partial charge >= 0.3 is 5.97 Å². The Bertz CT molecular complexity index is 1450. The van der Waals surface area contributed by atoms with Gasteiger partial charge in [-0.1, -0.05) is 0 Å². The summed E-state index contributed by atoms with van der Waals surface area (Å²) in [6, 6.07) is 1.86. The van der Waals surface area contributed by atoms with Crippen LogP contribution < -0.4 is 10.6 Å². The maximum absolute atomic E-state index is 12.9. The molecule has 0 radical (unpaired) electrons. The highest BCUT2D eigenvalue weighted by Gasteiger charge is 2.55. The maximum Gasteiger partial charge on any atom is 0.336 e. The highest BCUT2D eigenvalue weighted by molar-refractivity contribution is 5.93. The van der Waals surface area contributed by atoms with E-state index in [2.05, 4.69) is 30.5 Å². The van der Waals surface area contributed by atoms with Crippen molar-refractivity contribution in [1.29, 1.82) is 0 Å². The van der Waals surface area contributed by atoms with E-state index >= 15 is 0 Å². The molecule has 6 N–H and O–H groups in total. The Labute approximate surface area is 284 Å². The molecule has 0 saturated carbocycles. The largest absolute Gasteiger partial charge is 0.479 e. The second kappa shape index (κ2) is 14.9. The molecule has 5 heterocycles. The number of likely N-dealkylation sites (tertiary alicyclic amines) is 1. The quantitative estimate of drug-likeness (QED) is 0.151. The lowest BCUT2D eigenvalue weighted by Gasteiger charge is -2.49. The van der Waals surface area contributed by atoms with Gasteiger partial charge in [-0.05, 0) is 33.3 Å². The van der Waals surface area contributed by atoms with Gasteiger partial charge < -0.3 is 45.3 Å². The minimum absolute atomic E-state index is 0.0266. The van der Waals surface area contributed by atoms with Gasteiger partial charge in [0.2, 0.25) is 5.91 Å². The lowest BCUT2D eigenvalue weighted by atomic mass is 9.81. The van der Waals surface area contributed by atoms with Crippen molar-refractivity contribution in [2.24, 2.45) is 0 Å². The van der Waals surface area contributed by atoms with Gasteiger partial charge in [0.25, 0.3) is 5.91 Å². The first kappa shape index (κ1) is 37.0. The van der Waals surface area contributed by atoms with Crippen LogP contribution in [0.3, 0.4) is 0 Å². The molecular formula is C32H49N7O10. The molecule has 0 bridgehead atoms. The Balaban J connectivity index is 1.28. The topological polar surface area (TPSA) is 221 Å². The summed E-state index contributed by atoms with van der Waals surface area (Å²) in [6.45, 7) is 10.4. The second-order valence-electron chi connectivity index (χ2n) is 14.3. The molecule has 17 nitrogen and oxygen atoms in total. The third kappa shape index (κ3) is 8.54. The van der Waals surface area contributed by atoms with E-state index in [0.717, 1.165) is 13.0 Å². The Hall–Kier alpha value is -3.29. The molecule has 272 valence electrons. The average Bonchev–Trinajstić information content (AvgIpc) is 3.67. The van der Waals surface area contributed by atoms with Gasteiger partial charge in [0, 0.05) is 70.9 Å². The molecule has 2 amide bonds. The number of carboxylic acids is 1. The predicted molar refractivity (Wildman–Crippen MR) is 172 cm³/mol. The Morgan fingerprint density at radius 2 is 2.00 bits per heavy atom. The fourth-order valence-electron chi connectivity index (χ4n) is 6.88. The van der Waals surface area contributed by atoms with Crippen LogP contribution in [0.25, 0.3) is 5.65 Å². The number of carboxylic acid groups (broad SMARTS) is 1. The van der Waals surface area contributed by atoms with Crippen molar-refractivity contribution in [2.45, 2.75) is 94.2 Å². The number of aromatic nitrogens is 3. The zero-order chi connectivity index (χ0) is 35.6. The Morgan fingerprint density at radius 3 is 2.69 bits per heavy atom. The smallest absolute Gasteiger partial charge is 0.336 e. The predicted octanol–water partition coefficient (Wildman–Crippen LogP) is -1.40. The third-order valence-electron chi connectivity index (χ3n) is 9.52. The number of hydrogen-bond donors (Lipinski definition) is 6. The number of nitrogens with one attached hydrogen (secondary N) is 2. The Kier molecular flexibility index (Phi) is 11.2. The maximum atomic E-state index is 12.9. The van der Waals surface area contributed by atoms with Crippen molar-refractivity contribution in [3.05, 3.63) is 30.2 Å². The lowest BCUT2D eigenvalue weighted by Crippen LogP contribution is -2.68. The van der Waals surface area contributed by atoms with Crippen LogP contribution in [0.5, 0.6) is 0 Å². The van der Waals surface area contributed by atoms with E-state index in [-0.39, 0.29) is 36.2 Å². The summed E-state index contributed by atoms with van der Waals surface area (Å²) >= 11 is 0. The van der Waals surface area contributed by atoms with Crippen molar-refractivity contribution in [2.75, 3.05) is 52.7 Å². The SMILES string of the molecule is CC(=O)N[C@H]1[C@H]([C@H](O)[C@H](O)CNC(=O)c2cc3ncccn3n2)O[C@@](CCN2CCOC[C@@]23CCN(COC(C)(C)C)C3)(C(=O)O)C[C@@H]1O. The summed E-state index contributed by atoms with van der Waals surface area (Å²) in [4.78, 5) is 46.3. The summed E-state index contributed by atoms with van der Waals surface area (Å²) in [7, 11) is 0. The van der Waals surface area contributed by atoms with Crippen molar-refractivity contribution in [3.8, 4) is 0 Å². The number of ether oxygens (including phenoxy) is 3. The number of carbonyl (C=O) groups excluding carboxylic acids is 2. The molecule has 0 aromatic carbocycles. The fourth-order valence-corrected chi connectivity index (χ4v) is 6.88. The number of aliphatic hydroxyl groups excluding tert-OH is 3. The summed E-state index contributed by atoms with van der Waals surface area (Å²) in [6.07, 6.45) is -2.91. The first-order valence-corrected chi connectivity index (χ1v) is 16.6. The van der Waals surface area contributed by atoms with Gasteiger partial charge in [0.15, 0.2) is 16.9 Å². The van der Waals surface area contributed by atoms with Crippen LogP contribution >= 0.6 is 0 Å². The van der Waals surface area contributed by atoms with Crippen molar-refractivity contribution < 1.29 is 49.0 Å². The second-order valence-corrected chi connectivity index (χ2v) is 14.3. The van der Waals surface area contributed by atoms with Crippen LogP contribution in [0, 0.1) is 0 Å². The molecular weight excluding hydrogens is 642 g/mol. The molecule has 5 rings (SSSR count). The highest BCUT2D eigenvalue weighted by Crippen LogP contribution is 2.37. The summed E-state index contributed by atoms with van der Waals surface area (Å²) < 4.78 is 19.4. The molecule has 3 aliphatic rings. The summed E-state index contributed by atoms with van der Waals surface area (Å²) in [5.74, 6) is -2.54. The van der Waals surface area contributed by atoms with Crippen molar-refractivity contribution in [1.82, 2.24) is 35.0 Å². The lowest BCUT2D eigenvalue weighted by molar-refractivity contribution is -0.231. The zero-order valence-electron chi connectivity index (χ0n) is 28.4. The molecule has 3 fully saturated rings. The van der Waals surface area contributed by atoms with Gasteiger partial charge in [-0.15, -0.1) is 0 Å². The zero-order valence-corrected chi connectivity index (χ0v) is 28.4. The normalized spacial score (nSPS) is 29.6. The van der Waals surface area contributed by atoms with E-state index in [1.165, 1.54) is 17.5 Å². The monoisotopic (exact) mass is 691 g/mol. The number of hydrogen-bond acceptors (Lipinski definition) is 13. The third-order valence-corrected chi connectivity index (χ3v) is 9.52. The van der Waals surface area contributed by atoms with Crippen LogP contribution in [0.4, 0.5) is 0 Å². The molecule has 3 saturated heterocycles. The van der Waals surface area contributed by atoms with Crippen molar-refractivity contribution in [3.63, 3.8) is 0 Å². The van der Waals surface area contributed by atoms with Crippen LogP contribution in [-0.4, -0.2) is 162 Å². The molecule has 2 aromatic rings. The summed E-state index contributed by atoms with van der Waals surface area (Å²) in [5.41, 5.74) is -2.16. The van der Waals surface area contributed by atoms with Gasteiger partial charge in [-0.2, -0.15) is 5.10 Å². The van der Waals surface area contributed by atoms with E-state index in [9.17, 15) is 34.8 Å². The van der Waals surface area contributed by atoms with E-state index in [0.29, 0.717) is 38.7 Å².